The monoisotopic (exact) mass is 348 g/mol. The summed E-state index contributed by atoms with van der Waals surface area (Å²) in [7, 11) is 1.75. The van der Waals surface area contributed by atoms with Gasteiger partial charge in [-0.2, -0.15) is 0 Å². The maximum Gasteiger partial charge on any atom is 0.142 e. The van der Waals surface area contributed by atoms with E-state index in [1.807, 2.05) is 6.07 Å². The van der Waals surface area contributed by atoms with Crippen molar-refractivity contribution in [3.05, 3.63) is 65.7 Å². The minimum Gasteiger partial charge on any atom is -0.495 e. The number of nitrogens with zero attached hydrogens (tertiary/aromatic N) is 1. The van der Waals surface area contributed by atoms with Gasteiger partial charge in [-0.25, -0.2) is 0 Å². The van der Waals surface area contributed by atoms with Gasteiger partial charge in [-0.15, -0.1) is 0 Å². The highest BCUT2D eigenvalue weighted by Gasteiger charge is 2.38. The molecule has 0 amide bonds. The van der Waals surface area contributed by atoms with E-state index in [0.717, 1.165) is 30.9 Å². The fourth-order valence-electron chi connectivity index (χ4n) is 4.57. The van der Waals surface area contributed by atoms with Crippen LogP contribution < -0.4 is 15.0 Å². The van der Waals surface area contributed by atoms with Gasteiger partial charge in [0.25, 0.3) is 0 Å². The van der Waals surface area contributed by atoms with Gasteiger partial charge in [-0.3, -0.25) is 0 Å². The molecule has 3 atom stereocenters. The van der Waals surface area contributed by atoms with Gasteiger partial charge in [0.1, 0.15) is 5.75 Å². The van der Waals surface area contributed by atoms with Crippen LogP contribution in [0.4, 0.5) is 11.4 Å². The van der Waals surface area contributed by atoms with E-state index in [-0.39, 0.29) is 0 Å². The van der Waals surface area contributed by atoms with Gasteiger partial charge in [0.15, 0.2) is 0 Å². The van der Waals surface area contributed by atoms with Gasteiger partial charge in [0.05, 0.1) is 18.8 Å². The second-order valence-electron chi connectivity index (χ2n) is 7.16. The molecule has 26 heavy (non-hydrogen) atoms. The molecule has 4 rings (SSSR count). The molecule has 2 aliphatic rings. The van der Waals surface area contributed by atoms with Crippen molar-refractivity contribution in [1.82, 2.24) is 0 Å². The van der Waals surface area contributed by atoms with E-state index in [9.17, 15) is 0 Å². The van der Waals surface area contributed by atoms with E-state index >= 15 is 0 Å². The molecule has 0 fully saturated rings. The van der Waals surface area contributed by atoms with Gasteiger partial charge < -0.3 is 15.0 Å². The van der Waals surface area contributed by atoms with Crippen LogP contribution in [-0.4, -0.2) is 20.2 Å². The van der Waals surface area contributed by atoms with Gasteiger partial charge in [-0.1, -0.05) is 36.4 Å². The number of hydrogen-bond acceptors (Lipinski definition) is 3. The standard InChI is InChI=1S/C23H28N2O/c1-4-25(5-2)17-14-12-16(13-15-17)22-19-9-6-8-18(19)20-10-7-11-21(26-3)23(20)24-22/h6-8,10-15,18-19,22,24H,4-5,9H2,1-3H3. The summed E-state index contributed by atoms with van der Waals surface area (Å²) >= 11 is 0. The van der Waals surface area contributed by atoms with Crippen LogP contribution in [0.5, 0.6) is 5.75 Å². The Bertz CT molecular complexity index is 792. The maximum atomic E-state index is 5.63. The van der Waals surface area contributed by atoms with Crippen LogP contribution in [0.25, 0.3) is 0 Å². The van der Waals surface area contributed by atoms with Gasteiger partial charge in [0, 0.05) is 24.7 Å². The zero-order chi connectivity index (χ0) is 18.1. The Balaban J connectivity index is 1.69. The van der Waals surface area contributed by atoms with E-state index in [4.69, 9.17) is 4.74 Å². The number of benzene rings is 2. The third-order valence-corrected chi connectivity index (χ3v) is 5.96. The fraction of sp³-hybridized carbons (Fsp3) is 0.391. The van der Waals surface area contributed by atoms with Crippen LogP contribution in [0.15, 0.2) is 54.6 Å². The van der Waals surface area contributed by atoms with Gasteiger partial charge in [-0.05, 0) is 55.5 Å². The van der Waals surface area contributed by atoms with Crippen molar-refractivity contribution in [2.75, 3.05) is 30.4 Å². The lowest BCUT2D eigenvalue weighted by Gasteiger charge is -2.38. The second kappa shape index (κ2) is 7.06. The molecule has 0 saturated heterocycles. The predicted molar refractivity (Wildman–Crippen MR) is 109 cm³/mol. The quantitative estimate of drug-likeness (QED) is 0.735. The fourth-order valence-corrected chi connectivity index (χ4v) is 4.57. The molecule has 0 aromatic heterocycles. The Kier molecular flexibility index (Phi) is 4.62. The molecule has 2 aromatic carbocycles. The molecule has 0 radical (unpaired) electrons. The lowest BCUT2D eigenvalue weighted by molar-refractivity contribution is 0.397. The number of methoxy groups -OCH3 is 1. The first kappa shape index (κ1) is 17.0. The molecule has 136 valence electrons. The summed E-state index contributed by atoms with van der Waals surface area (Å²) < 4.78 is 5.63. The normalized spacial score (nSPS) is 23.1. The molecule has 0 spiro atoms. The van der Waals surface area contributed by atoms with Gasteiger partial charge in [0.2, 0.25) is 0 Å². The van der Waals surface area contributed by atoms with Crippen LogP contribution in [0.3, 0.4) is 0 Å². The zero-order valence-electron chi connectivity index (χ0n) is 15.9. The van der Waals surface area contributed by atoms with Crippen molar-refractivity contribution in [3.63, 3.8) is 0 Å². The molecule has 0 saturated carbocycles. The van der Waals surface area contributed by atoms with E-state index in [1.54, 1.807) is 7.11 Å². The lowest BCUT2D eigenvalue weighted by Crippen LogP contribution is -2.29. The average molecular weight is 348 g/mol. The second-order valence-corrected chi connectivity index (χ2v) is 7.16. The van der Waals surface area contributed by atoms with Crippen molar-refractivity contribution < 1.29 is 4.74 Å². The van der Waals surface area contributed by atoms with Crippen LogP contribution in [0.2, 0.25) is 0 Å². The topological polar surface area (TPSA) is 24.5 Å². The highest BCUT2D eigenvalue weighted by atomic mass is 16.5. The average Bonchev–Trinajstić information content (AvgIpc) is 3.18. The number of nitrogens with one attached hydrogen (secondary N) is 1. The Morgan fingerprint density at radius 3 is 2.54 bits per heavy atom. The first-order chi connectivity index (χ1) is 12.8. The summed E-state index contributed by atoms with van der Waals surface area (Å²) in [5, 5.41) is 3.80. The van der Waals surface area contributed by atoms with Crippen LogP contribution in [-0.2, 0) is 0 Å². The largest absolute Gasteiger partial charge is 0.495 e. The molecule has 3 nitrogen and oxygen atoms in total. The SMILES string of the molecule is CCN(CC)c1ccc(C2Nc3c(OC)cccc3C3C=CCC32)cc1. The highest BCUT2D eigenvalue weighted by Crippen LogP contribution is 2.52. The van der Waals surface area contributed by atoms with Crippen LogP contribution >= 0.6 is 0 Å². The number of anilines is 2. The Morgan fingerprint density at radius 2 is 1.85 bits per heavy atom. The summed E-state index contributed by atoms with van der Waals surface area (Å²) in [5.74, 6) is 1.97. The molecular formula is C23H28N2O. The number of fused-ring (bicyclic) bond motifs is 3. The van der Waals surface area contributed by atoms with Crippen molar-refractivity contribution in [1.29, 1.82) is 0 Å². The zero-order valence-corrected chi connectivity index (χ0v) is 15.9. The third-order valence-electron chi connectivity index (χ3n) is 5.96. The predicted octanol–water partition coefficient (Wildman–Crippen LogP) is 5.37. The van der Waals surface area contributed by atoms with E-state index in [0.29, 0.717) is 17.9 Å². The minimum atomic E-state index is 0.310. The number of allylic oxidation sites excluding steroid dienone is 2. The molecule has 3 heteroatoms. The number of ether oxygens (including phenoxy) is 1. The van der Waals surface area contributed by atoms with E-state index < -0.39 is 0 Å². The summed E-state index contributed by atoms with van der Waals surface area (Å²) in [6.45, 7) is 6.49. The van der Waals surface area contributed by atoms with Crippen LogP contribution in [0.1, 0.15) is 43.4 Å². The molecular weight excluding hydrogens is 320 g/mol. The molecule has 1 N–H and O–H groups in total. The lowest BCUT2D eigenvalue weighted by atomic mass is 9.77. The molecule has 1 aliphatic carbocycles. The summed E-state index contributed by atoms with van der Waals surface area (Å²) in [4.78, 5) is 2.39. The van der Waals surface area contributed by atoms with Crippen molar-refractivity contribution in [2.24, 2.45) is 5.92 Å². The number of hydrogen-bond donors (Lipinski definition) is 1. The summed E-state index contributed by atoms with van der Waals surface area (Å²) in [6.07, 6.45) is 5.83. The molecule has 1 heterocycles. The molecule has 2 aromatic rings. The molecule has 3 unspecified atom stereocenters. The smallest absolute Gasteiger partial charge is 0.142 e. The maximum absolute atomic E-state index is 5.63. The Labute approximate surface area is 156 Å². The van der Waals surface area contributed by atoms with E-state index in [2.05, 4.69) is 72.6 Å². The number of para-hydroxylation sites is 1. The summed E-state index contributed by atoms with van der Waals surface area (Å²) in [5.41, 5.74) is 5.17. The molecule has 1 aliphatic heterocycles. The number of rotatable bonds is 5. The first-order valence-corrected chi connectivity index (χ1v) is 9.71. The Morgan fingerprint density at radius 1 is 1.08 bits per heavy atom. The van der Waals surface area contributed by atoms with Crippen molar-refractivity contribution in [2.45, 2.75) is 32.2 Å². The first-order valence-electron chi connectivity index (χ1n) is 9.71. The van der Waals surface area contributed by atoms with Crippen molar-refractivity contribution in [3.8, 4) is 5.75 Å². The third kappa shape index (κ3) is 2.76. The van der Waals surface area contributed by atoms with Crippen molar-refractivity contribution >= 4 is 11.4 Å². The van der Waals surface area contributed by atoms with Gasteiger partial charge >= 0.3 is 0 Å². The minimum absolute atomic E-state index is 0.310. The Hall–Kier alpha value is -2.42. The summed E-state index contributed by atoms with van der Waals surface area (Å²) in [6, 6.07) is 15.8. The van der Waals surface area contributed by atoms with E-state index in [1.165, 1.54) is 16.8 Å². The van der Waals surface area contributed by atoms with Crippen LogP contribution in [0, 0.1) is 5.92 Å². The molecule has 0 bridgehead atoms. The highest BCUT2D eigenvalue weighted by molar-refractivity contribution is 5.67.